The molecule has 0 spiro atoms. The van der Waals surface area contributed by atoms with Crippen LogP contribution >= 0.6 is 0 Å². The number of ether oxygens (including phenoxy) is 3. The topological polar surface area (TPSA) is 110 Å². The summed E-state index contributed by atoms with van der Waals surface area (Å²) in [6, 6.07) is 8.48. The zero-order valence-corrected chi connectivity index (χ0v) is 22.6. The van der Waals surface area contributed by atoms with Crippen LogP contribution in [0.2, 0.25) is 0 Å². The molecule has 1 saturated heterocycles. The van der Waals surface area contributed by atoms with Gasteiger partial charge in [-0.15, -0.1) is 0 Å². The van der Waals surface area contributed by atoms with Gasteiger partial charge in [-0.05, 0) is 37.6 Å². The van der Waals surface area contributed by atoms with E-state index in [2.05, 4.69) is 15.3 Å². The molecule has 10 nitrogen and oxygen atoms in total. The Hall–Kier alpha value is -4.23. The first-order valence-corrected chi connectivity index (χ1v) is 12.8. The second-order valence-corrected chi connectivity index (χ2v) is 9.79. The molecule has 1 aliphatic heterocycles. The fraction of sp³-hybridized carbons (Fsp3) is 0.357. The second kappa shape index (κ2) is 11.3. The van der Waals surface area contributed by atoms with Crippen molar-refractivity contribution in [3.8, 4) is 11.5 Å². The molecule has 5 rings (SSSR count). The van der Waals surface area contributed by atoms with Gasteiger partial charge in [0.15, 0.2) is 0 Å². The summed E-state index contributed by atoms with van der Waals surface area (Å²) < 4.78 is 61.1. The number of methoxy groups -OCH3 is 1. The Morgan fingerprint density at radius 2 is 1.98 bits per heavy atom. The molecular weight excluding hydrogens is 543 g/mol. The predicted molar refractivity (Wildman–Crippen MR) is 144 cm³/mol. The smallest absolute Gasteiger partial charge is 0.417 e. The van der Waals surface area contributed by atoms with Crippen molar-refractivity contribution in [1.82, 2.24) is 19.1 Å². The first-order valence-electron chi connectivity index (χ1n) is 12.8. The van der Waals surface area contributed by atoms with Crippen molar-refractivity contribution in [2.24, 2.45) is 7.05 Å². The van der Waals surface area contributed by atoms with Gasteiger partial charge in [0.2, 0.25) is 5.95 Å². The number of halogens is 3. The third kappa shape index (κ3) is 6.10. The summed E-state index contributed by atoms with van der Waals surface area (Å²) in [6.07, 6.45) is -2.19. The van der Waals surface area contributed by atoms with E-state index in [9.17, 15) is 22.8 Å². The van der Waals surface area contributed by atoms with Crippen molar-refractivity contribution in [2.75, 3.05) is 25.6 Å². The summed E-state index contributed by atoms with van der Waals surface area (Å²) in [7, 11) is 3.12. The zero-order chi connectivity index (χ0) is 29.3. The highest BCUT2D eigenvalue weighted by Crippen LogP contribution is 2.33. The largest absolute Gasteiger partial charge is 0.457 e. The number of nitrogens with one attached hydrogen (secondary N) is 1. The van der Waals surface area contributed by atoms with Crippen LogP contribution < -0.4 is 15.6 Å². The quantitative estimate of drug-likeness (QED) is 0.322. The number of hydrogen-bond acceptors (Lipinski definition) is 8. The Labute approximate surface area is 232 Å². The minimum absolute atomic E-state index is 0.0240. The lowest BCUT2D eigenvalue weighted by Gasteiger charge is -2.32. The van der Waals surface area contributed by atoms with Crippen LogP contribution in [0.1, 0.15) is 30.6 Å². The van der Waals surface area contributed by atoms with E-state index >= 15 is 0 Å². The van der Waals surface area contributed by atoms with Crippen LogP contribution in [0.3, 0.4) is 0 Å². The molecular formula is C28H28F3N5O5. The van der Waals surface area contributed by atoms with Gasteiger partial charge in [-0.2, -0.15) is 13.2 Å². The second-order valence-electron chi connectivity index (χ2n) is 9.79. The third-order valence-electron chi connectivity index (χ3n) is 6.85. The predicted octanol–water partition coefficient (Wildman–Crippen LogP) is 4.79. The summed E-state index contributed by atoms with van der Waals surface area (Å²) in [5, 5.41) is 2.81. The average molecular weight is 572 g/mol. The number of aromatic nitrogens is 4. The zero-order valence-electron chi connectivity index (χ0n) is 22.6. The molecule has 0 amide bonds. The molecule has 2 atom stereocenters. The number of imidazole rings is 1. The SMILES string of the molecule is CO[C@H]1CCOC[C@@H]1n1cc(C(F)(F)F)cc(Nc2nc3ccc(Oc4ccnc(CC(C)=O)c4)cc3n2C)c1=O. The minimum Gasteiger partial charge on any atom is -0.457 e. The molecule has 0 radical (unpaired) electrons. The highest BCUT2D eigenvalue weighted by Gasteiger charge is 2.35. The Balaban J connectivity index is 1.48. The number of alkyl halides is 3. The Bertz CT molecular complexity index is 1650. The van der Waals surface area contributed by atoms with Gasteiger partial charge in [0, 0.05) is 51.7 Å². The average Bonchev–Trinajstić information content (AvgIpc) is 3.23. The number of nitrogens with zero attached hydrogens (tertiary/aromatic N) is 4. The molecule has 0 saturated carbocycles. The third-order valence-corrected chi connectivity index (χ3v) is 6.85. The minimum atomic E-state index is -4.69. The molecule has 41 heavy (non-hydrogen) atoms. The van der Waals surface area contributed by atoms with Gasteiger partial charge >= 0.3 is 6.18 Å². The Morgan fingerprint density at radius 3 is 2.71 bits per heavy atom. The molecule has 0 aliphatic carbocycles. The number of carbonyl (C=O) groups is 1. The standard InChI is InChI=1S/C28H28F3N5O5/c1-16(37)10-18-12-20(6-8-32-18)41-19-4-5-21-23(13-19)35(2)27(33-21)34-22-11-17(28(29,30)31)14-36(26(22)38)24-15-40-9-7-25(24)39-3/h4-6,8,11-14,24-25H,7,9-10,15H2,1-3H3,(H,33,34)/t24-,25-/m0/s1. The Kier molecular flexibility index (Phi) is 7.82. The summed E-state index contributed by atoms with van der Waals surface area (Å²) in [6.45, 7) is 1.91. The number of anilines is 2. The number of ketones is 1. The van der Waals surface area contributed by atoms with Crippen LogP contribution in [-0.4, -0.2) is 51.3 Å². The van der Waals surface area contributed by atoms with Crippen molar-refractivity contribution in [1.29, 1.82) is 0 Å². The molecule has 0 unspecified atom stereocenters. The fourth-order valence-corrected chi connectivity index (χ4v) is 4.80. The molecule has 13 heteroatoms. The van der Waals surface area contributed by atoms with E-state index in [-0.39, 0.29) is 30.4 Å². The number of rotatable bonds is 8. The van der Waals surface area contributed by atoms with Gasteiger partial charge in [0.05, 0.1) is 41.0 Å². The lowest BCUT2D eigenvalue weighted by atomic mass is 10.1. The van der Waals surface area contributed by atoms with Crippen molar-refractivity contribution in [3.05, 3.63) is 70.4 Å². The number of pyridine rings is 2. The van der Waals surface area contributed by atoms with E-state index in [0.717, 1.165) is 16.8 Å². The van der Waals surface area contributed by atoms with E-state index < -0.39 is 29.4 Å². The van der Waals surface area contributed by atoms with Crippen molar-refractivity contribution >= 4 is 28.5 Å². The number of carbonyl (C=O) groups excluding carboxylic acids is 1. The normalized spacial score (nSPS) is 17.5. The number of hydrogen-bond donors (Lipinski definition) is 1. The highest BCUT2D eigenvalue weighted by atomic mass is 19.4. The first kappa shape index (κ1) is 28.3. The summed E-state index contributed by atoms with van der Waals surface area (Å²) in [5.41, 5.74) is -0.227. The van der Waals surface area contributed by atoms with Gasteiger partial charge in [-0.1, -0.05) is 0 Å². The van der Waals surface area contributed by atoms with Gasteiger partial charge < -0.3 is 28.7 Å². The van der Waals surface area contributed by atoms with E-state index in [1.807, 2.05) is 0 Å². The van der Waals surface area contributed by atoms with E-state index in [1.54, 1.807) is 48.1 Å². The van der Waals surface area contributed by atoms with Gasteiger partial charge in [0.1, 0.15) is 23.0 Å². The molecule has 4 heterocycles. The molecule has 1 aromatic carbocycles. The van der Waals surface area contributed by atoms with Crippen molar-refractivity contribution < 1.29 is 32.2 Å². The Morgan fingerprint density at radius 1 is 1.20 bits per heavy atom. The maximum absolute atomic E-state index is 13.9. The lowest BCUT2D eigenvalue weighted by Crippen LogP contribution is -2.41. The number of aryl methyl sites for hydroxylation is 1. The number of fused-ring (bicyclic) bond motifs is 1. The molecule has 1 aliphatic rings. The molecule has 216 valence electrons. The maximum atomic E-state index is 13.9. The number of Topliss-reactive ketones (excluding diaryl/α,β-unsaturated/α-hetero) is 1. The van der Waals surface area contributed by atoms with Crippen LogP contribution in [-0.2, 0) is 33.9 Å². The number of benzene rings is 1. The van der Waals surface area contributed by atoms with Gasteiger partial charge in [0.25, 0.3) is 5.56 Å². The highest BCUT2D eigenvalue weighted by molar-refractivity contribution is 5.81. The van der Waals surface area contributed by atoms with E-state index in [0.29, 0.717) is 41.3 Å². The van der Waals surface area contributed by atoms with Crippen molar-refractivity contribution in [3.63, 3.8) is 0 Å². The summed E-state index contributed by atoms with van der Waals surface area (Å²) >= 11 is 0. The van der Waals surface area contributed by atoms with Crippen LogP contribution in [0.25, 0.3) is 11.0 Å². The molecule has 1 N–H and O–H groups in total. The lowest BCUT2D eigenvalue weighted by molar-refractivity contribution is -0.138. The van der Waals surface area contributed by atoms with E-state index in [4.69, 9.17) is 14.2 Å². The summed E-state index contributed by atoms with van der Waals surface area (Å²) in [4.78, 5) is 33.5. The molecule has 4 aromatic rings. The van der Waals surface area contributed by atoms with E-state index in [1.165, 1.54) is 14.0 Å². The van der Waals surface area contributed by atoms with Crippen LogP contribution in [0.15, 0.2) is 53.6 Å². The van der Waals surface area contributed by atoms with Crippen LogP contribution in [0.5, 0.6) is 11.5 Å². The molecule has 3 aromatic heterocycles. The van der Waals surface area contributed by atoms with Crippen LogP contribution in [0.4, 0.5) is 24.8 Å². The van der Waals surface area contributed by atoms with Gasteiger partial charge in [-0.3, -0.25) is 14.6 Å². The van der Waals surface area contributed by atoms with Crippen LogP contribution in [0, 0.1) is 0 Å². The monoisotopic (exact) mass is 571 g/mol. The molecule has 0 bridgehead atoms. The van der Waals surface area contributed by atoms with Gasteiger partial charge in [-0.25, -0.2) is 4.98 Å². The first-order chi connectivity index (χ1) is 19.5. The summed E-state index contributed by atoms with van der Waals surface area (Å²) in [5.74, 6) is 1.10. The fourth-order valence-electron chi connectivity index (χ4n) is 4.80. The maximum Gasteiger partial charge on any atom is 0.417 e. The molecule has 1 fully saturated rings. The van der Waals surface area contributed by atoms with Crippen molar-refractivity contribution in [2.45, 2.75) is 38.1 Å².